The van der Waals surface area contributed by atoms with Crippen molar-refractivity contribution in [3.05, 3.63) is 35.4 Å². The lowest BCUT2D eigenvalue weighted by atomic mass is 10.1. The summed E-state index contributed by atoms with van der Waals surface area (Å²) in [6.45, 7) is 5.60. The lowest BCUT2D eigenvalue weighted by Crippen LogP contribution is -2.37. The molecule has 0 spiro atoms. The molecule has 4 heteroatoms. The van der Waals surface area contributed by atoms with Gasteiger partial charge in [-0.1, -0.05) is 17.7 Å². The van der Waals surface area contributed by atoms with Crippen LogP contribution in [-0.2, 0) is 0 Å². The Morgan fingerprint density at radius 3 is 2.53 bits per heavy atom. The van der Waals surface area contributed by atoms with E-state index in [-0.39, 0.29) is 5.91 Å². The molecule has 2 rings (SSSR count). The first-order valence-electron chi connectivity index (χ1n) is 5.67. The van der Waals surface area contributed by atoms with E-state index in [0.717, 1.165) is 5.56 Å². The maximum absolute atomic E-state index is 12.3. The zero-order chi connectivity index (χ0) is 12.8. The van der Waals surface area contributed by atoms with Crippen molar-refractivity contribution < 1.29 is 9.90 Å². The largest absolute Gasteiger partial charge is 0.356 e. The van der Waals surface area contributed by atoms with Crippen LogP contribution < -0.4 is 5.32 Å². The third kappa shape index (κ3) is 1.56. The molecule has 0 aromatic heterocycles. The standard InChI is InChI=1S/C13H18N2O2/c1-9-6-5-7-10(8-9)11(16)15-12(2,3)13(15,17)14-4/h5-8,14,17H,1-4H3. The minimum Gasteiger partial charge on any atom is -0.356 e. The molecule has 1 amide bonds. The first-order valence-corrected chi connectivity index (χ1v) is 5.67. The molecule has 1 aliphatic heterocycles. The number of aryl methyl sites for hydroxylation is 1. The number of rotatable bonds is 2. The van der Waals surface area contributed by atoms with Crippen LogP contribution in [0.2, 0.25) is 0 Å². The highest BCUT2D eigenvalue weighted by atomic mass is 16.4. The van der Waals surface area contributed by atoms with Crippen molar-refractivity contribution >= 4 is 5.91 Å². The summed E-state index contributed by atoms with van der Waals surface area (Å²) in [6.07, 6.45) is 0. The van der Waals surface area contributed by atoms with E-state index in [4.69, 9.17) is 0 Å². The van der Waals surface area contributed by atoms with Gasteiger partial charge in [0.1, 0.15) is 5.54 Å². The van der Waals surface area contributed by atoms with Gasteiger partial charge in [0.2, 0.25) is 5.85 Å². The second kappa shape index (κ2) is 3.55. The van der Waals surface area contributed by atoms with Crippen LogP contribution in [0, 0.1) is 6.92 Å². The Hall–Kier alpha value is -1.39. The summed E-state index contributed by atoms with van der Waals surface area (Å²) >= 11 is 0. The summed E-state index contributed by atoms with van der Waals surface area (Å²) in [5.41, 5.74) is 1.05. The number of nitrogens with zero attached hydrogens (tertiary/aromatic N) is 1. The van der Waals surface area contributed by atoms with Gasteiger partial charge in [0.25, 0.3) is 5.91 Å². The van der Waals surface area contributed by atoms with E-state index < -0.39 is 11.4 Å². The zero-order valence-electron chi connectivity index (χ0n) is 10.6. The predicted molar refractivity (Wildman–Crippen MR) is 65.4 cm³/mol. The highest BCUT2D eigenvalue weighted by Crippen LogP contribution is 2.47. The molecule has 0 aliphatic carbocycles. The number of benzene rings is 1. The van der Waals surface area contributed by atoms with E-state index in [0.29, 0.717) is 5.56 Å². The molecule has 1 atom stereocenters. The third-order valence-electron chi connectivity index (χ3n) is 3.50. The predicted octanol–water partition coefficient (Wildman–Crippen LogP) is 1.09. The number of aliphatic hydroxyl groups is 1. The van der Waals surface area contributed by atoms with Gasteiger partial charge in [-0.25, -0.2) is 0 Å². The van der Waals surface area contributed by atoms with Crippen molar-refractivity contribution in [2.24, 2.45) is 0 Å². The van der Waals surface area contributed by atoms with Gasteiger partial charge in [0, 0.05) is 5.56 Å². The molecule has 17 heavy (non-hydrogen) atoms. The molecule has 92 valence electrons. The van der Waals surface area contributed by atoms with E-state index in [1.54, 1.807) is 13.1 Å². The molecule has 1 aromatic rings. The van der Waals surface area contributed by atoms with Crippen LogP contribution in [-0.4, -0.2) is 34.3 Å². The molecule has 1 aliphatic rings. The molecule has 2 N–H and O–H groups in total. The second-order valence-corrected chi connectivity index (χ2v) is 4.99. The smallest absolute Gasteiger partial charge is 0.257 e. The average molecular weight is 234 g/mol. The Morgan fingerprint density at radius 1 is 1.41 bits per heavy atom. The van der Waals surface area contributed by atoms with Gasteiger partial charge in [0.05, 0.1) is 0 Å². The van der Waals surface area contributed by atoms with Crippen molar-refractivity contribution in [1.29, 1.82) is 0 Å². The lowest BCUT2D eigenvalue weighted by Gasteiger charge is -2.09. The van der Waals surface area contributed by atoms with Crippen LogP contribution >= 0.6 is 0 Å². The summed E-state index contributed by atoms with van der Waals surface area (Å²) in [5, 5.41) is 13.0. The second-order valence-electron chi connectivity index (χ2n) is 4.99. The molecule has 0 radical (unpaired) electrons. The fraction of sp³-hybridized carbons (Fsp3) is 0.462. The van der Waals surface area contributed by atoms with Gasteiger partial charge in [-0.3, -0.25) is 15.0 Å². The number of carbonyl (C=O) groups is 1. The van der Waals surface area contributed by atoms with E-state index in [1.807, 2.05) is 39.0 Å². The van der Waals surface area contributed by atoms with E-state index >= 15 is 0 Å². The van der Waals surface area contributed by atoms with Gasteiger partial charge < -0.3 is 5.11 Å². The summed E-state index contributed by atoms with van der Waals surface area (Å²) in [6, 6.07) is 7.37. The van der Waals surface area contributed by atoms with Crippen LogP contribution in [0.25, 0.3) is 0 Å². The quantitative estimate of drug-likeness (QED) is 0.595. The summed E-state index contributed by atoms with van der Waals surface area (Å²) in [4.78, 5) is 13.7. The van der Waals surface area contributed by atoms with Gasteiger partial charge >= 0.3 is 0 Å². The maximum atomic E-state index is 12.3. The number of hydrogen-bond acceptors (Lipinski definition) is 3. The van der Waals surface area contributed by atoms with Crippen LogP contribution in [0.3, 0.4) is 0 Å². The van der Waals surface area contributed by atoms with Crippen LogP contribution in [0.15, 0.2) is 24.3 Å². The van der Waals surface area contributed by atoms with E-state index in [9.17, 15) is 9.90 Å². The van der Waals surface area contributed by atoms with Gasteiger partial charge in [-0.2, -0.15) is 0 Å². The van der Waals surface area contributed by atoms with Gasteiger partial charge in [-0.05, 0) is 40.0 Å². The summed E-state index contributed by atoms with van der Waals surface area (Å²) < 4.78 is 0. The van der Waals surface area contributed by atoms with Crippen LogP contribution in [0.1, 0.15) is 29.8 Å². The summed E-state index contributed by atoms with van der Waals surface area (Å²) in [7, 11) is 1.64. The first-order chi connectivity index (χ1) is 7.84. The van der Waals surface area contributed by atoms with E-state index in [1.165, 1.54) is 4.90 Å². The third-order valence-corrected chi connectivity index (χ3v) is 3.50. The Kier molecular flexibility index (Phi) is 2.52. The fourth-order valence-corrected chi connectivity index (χ4v) is 2.29. The molecular formula is C13H18N2O2. The van der Waals surface area contributed by atoms with Crippen molar-refractivity contribution in [2.45, 2.75) is 32.2 Å². The average Bonchev–Trinajstić information content (AvgIpc) is 2.73. The fourth-order valence-electron chi connectivity index (χ4n) is 2.29. The van der Waals surface area contributed by atoms with Gasteiger partial charge in [0.15, 0.2) is 0 Å². The minimum absolute atomic E-state index is 0.157. The summed E-state index contributed by atoms with van der Waals surface area (Å²) in [5.74, 6) is -1.40. The molecular weight excluding hydrogens is 216 g/mol. The number of nitrogens with one attached hydrogen (secondary N) is 1. The van der Waals surface area contributed by atoms with Crippen molar-refractivity contribution in [2.75, 3.05) is 7.05 Å². The minimum atomic E-state index is -1.24. The molecule has 1 heterocycles. The molecule has 1 fully saturated rings. The first kappa shape index (κ1) is 12.1. The highest BCUT2D eigenvalue weighted by Gasteiger charge is 2.71. The van der Waals surface area contributed by atoms with Crippen molar-refractivity contribution in [3.8, 4) is 0 Å². The molecule has 4 nitrogen and oxygen atoms in total. The van der Waals surface area contributed by atoms with Crippen molar-refractivity contribution in [1.82, 2.24) is 10.2 Å². The molecule has 1 unspecified atom stereocenters. The number of carbonyl (C=O) groups excluding carboxylic acids is 1. The Balaban J connectivity index is 2.30. The number of likely N-dealkylation sites (N-methyl/N-ethyl adjacent to an activating group) is 1. The topological polar surface area (TPSA) is 52.3 Å². The van der Waals surface area contributed by atoms with Crippen molar-refractivity contribution in [3.63, 3.8) is 0 Å². The van der Waals surface area contributed by atoms with E-state index in [2.05, 4.69) is 5.32 Å². The molecule has 1 aromatic carbocycles. The van der Waals surface area contributed by atoms with Crippen LogP contribution in [0.4, 0.5) is 0 Å². The monoisotopic (exact) mass is 234 g/mol. The normalized spacial score (nSPS) is 25.8. The lowest BCUT2D eigenvalue weighted by molar-refractivity contribution is 0.0447. The number of amides is 1. The Bertz CT molecular complexity index is 470. The molecule has 0 bridgehead atoms. The number of hydrogen-bond donors (Lipinski definition) is 2. The maximum Gasteiger partial charge on any atom is 0.257 e. The Morgan fingerprint density at radius 2 is 2.06 bits per heavy atom. The van der Waals surface area contributed by atoms with Gasteiger partial charge in [-0.15, -0.1) is 0 Å². The zero-order valence-corrected chi connectivity index (χ0v) is 10.6. The highest BCUT2D eigenvalue weighted by molar-refractivity contribution is 5.97. The Labute approximate surface area is 101 Å². The molecule has 0 saturated carbocycles. The van der Waals surface area contributed by atoms with Crippen LogP contribution in [0.5, 0.6) is 0 Å². The SMILES string of the molecule is CNC1(O)N(C(=O)c2cccc(C)c2)C1(C)C. The molecule has 1 saturated heterocycles.